The monoisotopic (exact) mass is 566 g/mol. The number of hydrogen-bond acceptors (Lipinski definition) is 8. The van der Waals surface area contributed by atoms with Crippen LogP contribution in [0, 0.1) is 22.7 Å². The third-order valence-electron chi connectivity index (χ3n) is 5.12. The van der Waals surface area contributed by atoms with E-state index in [1.54, 1.807) is 83.1 Å². The Hall–Kier alpha value is -1.09. The number of carbonyl (C=O) groups excluding carboxylic acids is 4. The minimum absolute atomic E-state index is 0. The second-order valence-electron chi connectivity index (χ2n) is 12.1. The van der Waals surface area contributed by atoms with Gasteiger partial charge in [0.2, 0.25) is 0 Å². The largest absolute Gasteiger partial charge is 2.00 e. The SMILES string of the molecule is CC(C)(C)O.CC(C)(C)O.CCC(C(=O)[O-])C(=O)C(C)(C)CC.CCC(C(=O)[O-])C(=O)C(C)(C)CC.[Ti+2]. The van der Waals surface area contributed by atoms with E-state index in [9.17, 15) is 29.4 Å². The summed E-state index contributed by atoms with van der Waals surface area (Å²) in [5, 5.41) is 38.2. The Bertz CT molecular complexity index is 601. The van der Waals surface area contributed by atoms with Gasteiger partial charge in [-0.1, -0.05) is 55.4 Å². The van der Waals surface area contributed by atoms with Gasteiger partial charge in [0, 0.05) is 10.8 Å². The second kappa shape index (κ2) is 19.9. The van der Waals surface area contributed by atoms with Gasteiger partial charge in [0.05, 0.1) is 35.0 Å². The third-order valence-corrected chi connectivity index (χ3v) is 5.12. The van der Waals surface area contributed by atoms with Crippen LogP contribution in [0.15, 0.2) is 0 Å². The average Bonchev–Trinajstić information content (AvgIpc) is 2.66. The minimum atomic E-state index is -1.26. The predicted molar refractivity (Wildman–Crippen MR) is 140 cm³/mol. The fraction of sp³-hybridized carbons (Fsp3) is 0.857. The second-order valence-corrected chi connectivity index (χ2v) is 12.1. The number of hydrogen-bond donors (Lipinski definition) is 2. The molecular weight excluding hydrogens is 512 g/mol. The normalized spacial score (nSPS) is 13.0. The molecule has 0 heterocycles. The van der Waals surface area contributed by atoms with Crippen molar-refractivity contribution in [2.24, 2.45) is 22.7 Å². The number of rotatable bonds is 10. The number of aliphatic hydroxyl groups is 2. The Morgan fingerprint density at radius 3 is 0.811 bits per heavy atom. The van der Waals surface area contributed by atoms with Gasteiger partial charge in [-0.05, 0) is 67.2 Å². The van der Waals surface area contributed by atoms with Crippen molar-refractivity contribution in [3.8, 4) is 0 Å². The predicted octanol–water partition coefficient (Wildman–Crippen LogP) is 3.09. The number of aliphatic carboxylic acids is 2. The fourth-order valence-corrected chi connectivity index (χ4v) is 2.21. The van der Waals surface area contributed by atoms with Crippen LogP contribution in [0.2, 0.25) is 0 Å². The van der Waals surface area contributed by atoms with E-state index in [0.717, 1.165) is 0 Å². The van der Waals surface area contributed by atoms with Crippen molar-refractivity contribution < 1.29 is 61.3 Å². The Labute approximate surface area is 240 Å². The molecule has 0 aliphatic carbocycles. The standard InChI is InChI=1S/2C10H18O3.2C4H10O.Ti/c2*1-5-7(9(12)13)8(11)10(3,4)6-2;2*1-4(2,3)5;/h2*7H,5-6H2,1-4H3,(H,12,13);2*5H,1-3H3;/q;;;;+2/p-2. The molecule has 0 aromatic rings. The smallest absolute Gasteiger partial charge is 0.549 e. The fourth-order valence-electron chi connectivity index (χ4n) is 2.21. The first-order valence-corrected chi connectivity index (χ1v) is 12.7. The van der Waals surface area contributed by atoms with E-state index in [2.05, 4.69) is 0 Å². The molecule has 8 nitrogen and oxygen atoms in total. The van der Waals surface area contributed by atoms with E-state index < -0.39 is 45.8 Å². The van der Waals surface area contributed by atoms with Crippen LogP contribution in [-0.4, -0.2) is 44.9 Å². The first kappa shape index (κ1) is 45.8. The van der Waals surface area contributed by atoms with E-state index in [1.165, 1.54) is 0 Å². The molecular formula is C28H54O8Ti. The van der Waals surface area contributed by atoms with Crippen LogP contribution < -0.4 is 10.2 Å². The zero-order valence-corrected chi connectivity index (χ0v) is 27.4. The zero-order valence-electron chi connectivity index (χ0n) is 25.8. The number of Topliss-reactive ketones (excluding diaryl/α,β-unsaturated/α-hetero) is 2. The molecule has 2 N–H and O–H groups in total. The van der Waals surface area contributed by atoms with Crippen molar-refractivity contribution in [2.75, 3.05) is 0 Å². The Balaban J connectivity index is -0.000000133. The van der Waals surface area contributed by atoms with Gasteiger partial charge in [0.25, 0.3) is 0 Å². The van der Waals surface area contributed by atoms with Crippen molar-refractivity contribution in [1.29, 1.82) is 0 Å². The quantitative estimate of drug-likeness (QED) is 0.302. The first-order chi connectivity index (χ1) is 15.7. The van der Waals surface area contributed by atoms with Crippen LogP contribution in [0.4, 0.5) is 0 Å². The molecule has 0 aliphatic heterocycles. The molecule has 0 saturated heterocycles. The van der Waals surface area contributed by atoms with Crippen LogP contribution in [-0.2, 0) is 40.9 Å². The Kier molecular flexibility index (Phi) is 24.6. The summed E-state index contributed by atoms with van der Waals surface area (Å²) < 4.78 is 0. The van der Waals surface area contributed by atoms with Gasteiger partial charge in [0.15, 0.2) is 0 Å². The molecule has 9 heteroatoms. The molecule has 0 fully saturated rings. The molecule has 0 aliphatic rings. The molecule has 2 atom stereocenters. The summed E-state index contributed by atoms with van der Waals surface area (Å²) in [5.41, 5.74) is -2.11. The Morgan fingerprint density at radius 2 is 0.730 bits per heavy atom. The van der Waals surface area contributed by atoms with Crippen LogP contribution in [0.1, 0.15) is 123 Å². The maximum absolute atomic E-state index is 11.6. The summed E-state index contributed by atoms with van der Waals surface area (Å²) in [6.45, 7) is 24.6. The summed E-state index contributed by atoms with van der Waals surface area (Å²) in [6, 6.07) is 0. The van der Waals surface area contributed by atoms with E-state index in [-0.39, 0.29) is 33.3 Å². The summed E-state index contributed by atoms with van der Waals surface area (Å²) in [7, 11) is 0. The van der Waals surface area contributed by atoms with E-state index in [1.807, 2.05) is 13.8 Å². The van der Waals surface area contributed by atoms with Gasteiger partial charge in [0.1, 0.15) is 11.6 Å². The van der Waals surface area contributed by atoms with Gasteiger partial charge in [-0.25, -0.2) is 0 Å². The third kappa shape index (κ3) is 27.8. The molecule has 2 unspecified atom stereocenters. The molecule has 0 radical (unpaired) electrons. The molecule has 0 rings (SSSR count). The zero-order chi connectivity index (χ0) is 30.3. The molecule has 37 heavy (non-hydrogen) atoms. The van der Waals surface area contributed by atoms with Gasteiger partial charge < -0.3 is 30.0 Å². The number of carboxylic acid groups (broad SMARTS) is 2. The molecule has 0 amide bonds. The number of carbonyl (C=O) groups is 4. The Morgan fingerprint density at radius 1 is 0.568 bits per heavy atom. The molecule has 0 aromatic heterocycles. The van der Waals surface area contributed by atoms with Gasteiger partial charge in [-0.2, -0.15) is 0 Å². The molecule has 0 saturated carbocycles. The molecule has 218 valence electrons. The summed E-state index contributed by atoms with van der Waals surface area (Å²) in [4.78, 5) is 44.5. The van der Waals surface area contributed by atoms with Gasteiger partial charge in [-0.15, -0.1) is 0 Å². The van der Waals surface area contributed by atoms with Crippen molar-refractivity contribution in [2.45, 2.75) is 134 Å². The van der Waals surface area contributed by atoms with Gasteiger partial charge in [-0.3, -0.25) is 9.59 Å². The average molecular weight is 567 g/mol. The van der Waals surface area contributed by atoms with E-state index in [0.29, 0.717) is 25.7 Å². The molecule has 0 aromatic carbocycles. The maximum Gasteiger partial charge on any atom is 2.00 e. The number of carboxylic acids is 2. The van der Waals surface area contributed by atoms with Crippen LogP contribution in [0.25, 0.3) is 0 Å². The maximum atomic E-state index is 11.6. The van der Waals surface area contributed by atoms with Crippen LogP contribution >= 0.6 is 0 Å². The summed E-state index contributed by atoms with van der Waals surface area (Å²) >= 11 is 0. The molecule has 0 bridgehead atoms. The topological polar surface area (TPSA) is 155 Å². The van der Waals surface area contributed by atoms with Crippen molar-refractivity contribution in [1.82, 2.24) is 0 Å². The first-order valence-electron chi connectivity index (χ1n) is 12.7. The number of ketones is 2. The summed E-state index contributed by atoms with van der Waals surface area (Å²) in [6.07, 6.45) is 1.92. The van der Waals surface area contributed by atoms with Crippen molar-refractivity contribution in [3.63, 3.8) is 0 Å². The van der Waals surface area contributed by atoms with Crippen molar-refractivity contribution in [3.05, 3.63) is 0 Å². The minimum Gasteiger partial charge on any atom is -0.549 e. The van der Waals surface area contributed by atoms with Crippen LogP contribution in [0.3, 0.4) is 0 Å². The van der Waals surface area contributed by atoms with Crippen LogP contribution in [0.5, 0.6) is 0 Å². The van der Waals surface area contributed by atoms with E-state index >= 15 is 0 Å². The van der Waals surface area contributed by atoms with Crippen molar-refractivity contribution >= 4 is 23.5 Å². The summed E-state index contributed by atoms with van der Waals surface area (Å²) in [5.74, 6) is -4.86. The van der Waals surface area contributed by atoms with E-state index in [4.69, 9.17) is 10.2 Å². The molecule has 0 spiro atoms. The van der Waals surface area contributed by atoms with Gasteiger partial charge >= 0.3 is 21.7 Å².